The SMILES string of the molecule is O=C(NC1CCCC1)C(Cc1ccccc1)N(Cc1cccc(Br)c1)C(=O)CN(c1ccc(Oc2ccccc2)cc1)S(=O)(=O)c1ccccc1. The summed E-state index contributed by atoms with van der Waals surface area (Å²) in [4.78, 5) is 30.6. The average Bonchev–Trinajstić information content (AvgIpc) is 3.66. The van der Waals surface area contributed by atoms with Gasteiger partial charge < -0.3 is 15.0 Å². The first kappa shape index (κ1) is 35.9. The summed E-state index contributed by atoms with van der Waals surface area (Å²) in [6.07, 6.45) is 4.11. The van der Waals surface area contributed by atoms with E-state index in [0.29, 0.717) is 11.5 Å². The van der Waals surface area contributed by atoms with Gasteiger partial charge in [-0.05, 0) is 84.6 Å². The molecule has 0 saturated heterocycles. The van der Waals surface area contributed by atoms with E-state index in [1.807, 2.05) is 84.9 Å². The fourth-order valence-corrected chi connectivity index (χ4v) is 8.19. The quantitative estimate of drug-likeness (QED) is 0.123. The second-order valence-electron chi connectivity index (χ2n) is 12.6. The molecule has 5 aromatic rings. The maximum Gasteiger partial charge on any atom is 0.264 e. The lowest BCUT2D eigenvalue weighted by Crippen LogP contribution is -2.54. The number of carbonyl (C=O) groups excluding carboxylic acids is 2. The van der Waals surface area contributed by atoms with Gasteiger partial charge in [0.25, 0.3) is 10.0 Å². The summed E-state index contributed by atoms with van der Waals surface area (Å²) in [6.45, 7) is -0.441. The third-order valence-electron chi connectivity index (χ3n) is 8.93. The van der Waals surface area contributed by atoms with Crippen LogP contribution in [0.1, 0.15) is 36.8 Å². The number of para-hydroxylation sites is 1. The van der Waals surface area contributed by atoms with Crippen LogP contribution in [0.4, 0.5) is 5.69 Å². The molecule has 6 rings (SSSR count). The van der Waals surface area contributed by atoms with E-state index in [-0.39, 0.29) is 35.5 Å². The fourth-order valence-electron chi connectivity index (χ4n) is 6.31. The van der Waals surface area contributed by atoms with Crippen molar-refractivity contribution in [1.82, 2.24) is 10.2 Å². The Balaban J connectivity index is 1.38. The summed E-state index contributed by atoms with van der Waals surface area (Å²) in [5, 5.41) is 3.21. The molecular weight excluding hydrogens is 726 g/mol. The number of ether oxygens (including phenoxy) is 1. The standard InChI is InChI=1S/C41H40BrN3O5S/c42-33-16-12-15-32(27-33)29-44(39(28-31-13-4-1-5-14-31)41(47)43-34-17-10-11-18-34)40(46)30-45(51(48,49)38-21-8-3-9-22-38)35-23-25-37(26-24-35)50-36-19-6-2-7-20-36/h1-9,12-16,19-27,34,39H,10-11,17-18,28-30H2,(H,43,47). The Kier molecular flexibility index (Phi) is 11.9. The van der Waals surface area contributed by atoms with Gasteiger partial charge in [-0.1, -0.05) is 108 Å². The predicted octanol–water partition coefficient (Wildman–Crippen LogP) is 8.14. The van der Waals surface area contributed by atoms with Crippen LogP contribution in [0, 0.1) is 0 Å². The van der Waals surface area contributed by atoms with Crippen molar-refractivity contribution in [3.8, 4) is 11.5 Å². The normalized spacial score (nSPS) is 13.7. The molecule has 1 aliphatic rings. The third-order valence-corrected chi connectivity index (χ3v) is 11.2. The Hall–Kier alpha value is -4.93. The van der Waals surface area contributed by atoms with Crippen LogP contribution in [0.15, 0.2) is 149 Å². The highest BCUT2D eigenvalue weighted by molar-refractivity contribution is 9.10. The minimum Gasteiger partial charge on any atom is -0.457 e. The molecule has 1 atom stereocenters. The molecule has 1 fully saturated rings. The molecule has 1 N–H and O–H groups in total. The first-order chi connectivity index (χ1) is 24.8. The number of hydrogen-bond donors (Lipinski definition) is 1. The smallest absolute Gasteiger partial charge is 0.264 e. The van der Waals surface area contributed by atoms with Crippen molar-refractivity contribution in [3.05, 3.63) is 155 Å². The molecule has 0 aromatic heterocycles. The molecule has 51 heavy (non-hydrogen) atoms. The lowest BCUT2D eigenvalue weighted by molar-refractivity contribution is -0.140. The third kappa shape index (κ3) is 9.45. The summed E-state index contributed by atoms with van der Waals surface area (Å²) in [7, 11) is -4.22. The summed E-state index contributed by atoms with van der Waals surface area (Å²) in [6, 6.07) is 40.2. The highest BCUT2D eigenvalue weighted by Crippen LogP contribution is 2.29. The number of hydrogen-bond acceptors (Lipinski definition) is 5. The lowest BCUT2D eigenvalue weighted by atomic mass is 10.0. The van der Waals surface area contributed by atoms with Gasteiger partial charge in [0.05, 0.1) is 10.6 Å². The van der Waals surface area contributed by atoms with Crippen LogP contribution in [-0.2, 0) is 32.6 Å². The fraction of sp³-hybridized carbons (Fsp3) is 0.220. The summed E-state index contributed by atoms with van der Waals surface area (Å²) >= 11 is 3.54. The molecule has 8 nitrogen and oxygen atoms in total. The zero-order chi connectivity index (χ0) is 35.6. The van der Waals surface area contributed by atoms with Crippen molar-refractivity contribution in [2.75, 3.05) is 10.8 Å². The van der Waals surface area contributed by atoms with Gasteiger partial charge in [0.2, 0.25) is 11.8 Å². The van der Waals surface area contributed by atoms with E-state index >= 15 is 0 Å². The van der Waals surface area contributed by atoms with Crippen LogP contribution in [0.25, 0.3) is 0 Å². The zero-order valence-electron chi connectivity index (χ0n) is 28.1. The summed E-state index contributed by atoms with van der Waals surface area (Å²) < 4.78 is 36.6. The molecular formula is C41H40BrN3O5S. The molecule has 0 aliphatic heterocycles. The first-order valence-corrected chi connectivity index (χ1v) is 19.3. The molecule has 1 aliphatic carbocycles. The van der Waals surface area contributed by atoms with Gasteiger partial charge in [-0.2, -0.15) is 0 Å². The van der Waals surface area contributed by atoms with Crippen LogP contribution in [-0.4, -0.2) is 43.8 Å². The van der Waals surface area contributed by atoms with Crippen molar-refractivity contribution in [2.24, 2.45) is 0 Å². The predicted molar refractivity (Wildman–Crippen MR) is 203 cm³/mol. The van der Waals surface area contributed by atoms with E-state index in [0.717, 1.165) is 45.6 Å². The number of carbonyl (C=O) groups is 2. The monoisotopic (exact) mass is 765 g/mol. The second kappa shape index (κ2) is 16.9. The lowest BCUT2D eigenvalue weighted by Gasteiger charge is -2.34. The zero-order valence-corrected chi connectivity index (χ0v) is 30.5. The minimum absolute atomic E-state index is 0.0326. The van der Waals surface area contributed by atoms with Crippen LogP contribution in [0.3, 0.4) is 0 Å². The van der Waals surface area contributed by atoms with Gasteiger partial charge in [-0.3, -0.25) is 13.9 Å². The molecule has 0 spiro atoms. The van der Waals surface area contributed by atoms with E-state index in [2.05, 4.69) is 21.2 Å². The Morgan fingerprint density at radius 3 is 1.98 bits per heavy atom. The van der Waals surface area contributed by atoms with E-state index in [4.69, 9.17) is 4.74 Å². The van der Waals surface area contributed by atoms with Crippen molar-refractivity contribution in [1.29, 1.82) is 0 Å². The largest absolute Gasteiger partial charge is 0.457 e. The topological polar surface area (TPSA) is 96.0 Å². The number of nitrogens with one attached hydrogen (secondary N) is 1. The van der Waals surface area contributed by atoms with Crippen LogP contribution < -0.4 is 14.4 Å². The highest BCUT2D eigenvalue weighted by Gasteiger charge is 2.35. The van der Waals surface area contributed by atoms with Crippen molar-refractivity contribution in [2.45, 2.75) is 55.6 Å². The molecule has 5 aromatic carbocycles. The van der Waals surface area contributed by atoms with Gasteiger partial charge in [-0.15, -0.1) is 0 Å². The van der Waals surface area contributed by atoms with Crippen LogP contribution >= 0.6 is 15.9 Å². The van der Waals surface area contributed by atoms with Crippen molar-refractivity contribution in [3.63, 3.8) is 0 Å². The van der Waals surface area contributed by atoms with E-state index < -0.39 is 28.5 Å². The maximum absolute atomic E-state index is 14.8. The first-order valence-electron chi connectivity index (χ1n) is 17.1. The van der Waals surface area contributed by atoms with Crippen molar-refractivity contribution >= 4 is 43.5 Å². The second-order valence-corrected chi connectivity index (χ2v) is 15.4. The van der Waals surface area contributed by atoms with Gasteiger partial charge >= 0.3 is 0 Å². The van der Waals surface area contributed by atoms with Gasteiger partial charge in [0.1, 0.15) is 24.1 Å². The van der Waals surface area contributed by atoms with Crippen LogP contribution in [0.2, 0.25) is 0 Å². The Labute approximate surface area is 308 Å². The van der Waals surface area contributed by atoms with Gasteiger partial charge in [0, 0.05) is 23.5 Å². The molecule has 2 amide bonds. The van der Waals surface area contributed by atoms with Gasteiger partial charge in [-0.25, -0.2) is 8.42 Å². The van der Waals surface area contributed by atoms with E-state index in [9.17, 15) is 18.0 Å². The minimum atomic E-state index is -4.22. The maximum atomic E-state index is 14.8. The highest BCUT2D eigenvalue weighted by atomic mass is 79.9. The number of rotatable bonds is 14. The van der Waals surface area contributed by atoms with Gasteiger partial charge in [0.15, 0.2) is 0 Å². The molecule has 262 valence electrons. The molecule has 0 radical (unpaired) electrons. The number of halogens is 1. The number of nitrogens with zero attached hydrogens (tertiary/aromatic N) is 2. The molecule has 0 heterocycles. The summed E-state index contributed by atoms with van der Waals surface area (Å²) in [5.41, 5.74) is 1.97. The van der Waals surface area contributed by atoms with E-state index in [1.54, 1.807) is 42.5 Å². The Morgan fingerprint density at radius 1 is 0.745 bits per heavy atom. The number of amides is 2. The number of anilines is 1. The molecule has 1 unspecified atom stereocenters. The van der Waals surface area contributed by atoms with Crippen molar-refractivity contribution < 1.29 is 22.7 Å². The molecule has 10 heteroatoms. The summed E-state index contributed by atoms with van der Waals surface area (Å²) in [5.74, 6) is 0.379. The number of benzene rings is 5. The van der Waals surface area contributed by atoms with Crippen LogP contribution in [0.5, 0.6) is 11.5 Å². The Bertz CT molecular complexity index is 2010. The average molecular weight is 767 g/mol. The molecule has 1 saturated carbocycles. The van der Waals surface area contributed by atoms with E-state index in [1.165, 1.54) is 17.0 Å². The number of sulfonamides is 1. The molecule has 0 bridgehead atoms. The Morgan fingerprint density at radius 2 is 1.33 bits per heavy atom.